The molecule has 1 aliphatic heterocycles. The van der Waals surface area contributed by atoms with Gasteiger partial charge in [0.25, 0.3) is 0 Å². The Balaban J connectivity index is 1.10. The molecule has 1 unspecified atom stereocenters. The largest absolute Gasteiger partial charge is 0.493 e. The van der Waals surface area contributed by atoms with Gasteiger partial charge < -0.3 is 9.47 Å². The molecule has 0 spiro atoms. The van der Waals surface area contributed by atoms with Gasteiger partial charge in [0.05, 0.1) is 30.6 Å². The Kier molecular flexibility index (Phi) is 8.19. The molecule has 5 nitrogen and oxygen atoms in total. The second-order valence-electron chi connectivity index (χ2n) is 12.9. The van der Waals surface area contributed by atoms with Crippen molar-refractivity contribution in [1.82, 2.24) is 0 Å². The molecular weight excluding hydrogens is 544 g/mol. The number of aryl methyl sites for hydroxylation is 4. The van der Waals surface area contributed by atoms with Crippen LogP contribution < -0.4 is 4.74 Å². The van der Waals surface area contributed by atoms with E-state index in [2.05, 4.69) is 67.6 Å². The molecule has 0 N–H and O–H groups in total. The van der Waals surface area contributed by atoms with E-state index in [0.29, 0.717) is 32.0 Å². The van der Waals surface area contributed by atoms with Gasteiger partial charge in [0.15, 0.2) is 0 Å². The molecule has 2 fully saturated rings. The van der Waals surface area contributed by atoms with Crippen LogP contribution in [-0.2, 0) is 45.1 Å². The van der Waals surface area contributed by atoms with Crippen molar-refractivity contribution >= 4 is 15.8 Å². The maximum Gasteiger partial charge on any atom is 0.309 e. The van der Waals surface area contributed by atoms with Crippen molar-refractivity contribution in [3.63, 3.8) is 0 Å². The summed E-state index contributed by atoms with van der Waals surface area (Å²) in [5.74, 6) is 1.68. The van der Waals surface area contributed by atoms with Crippen LogP contribution in [0.5, 0.6) is 5.75 Å². The quantitative estimate of drug-likeness (QED) is 0.256. The normalized spacial score (nSPS) is 21.9. The van der Waals surface area contributed by atoms with E-state index in [4.69, 9.17) is 9.47 Å². The number of sulfone groups is 1. The Morgan fingerprint density at radius 3 is 2.36 bits per heavy atom. The average molecular weight is 587 g/mol. The third kappa shape index (κ3) is 6.59. The van der Waals surface area contributed by atoms with E-state index < -0.39 is 9.84 Å². The van der Waals surface area contributed by atoms with Crippen LogP contribution in [-0.4, -0.2) is 39.1 Å². The molecule has 1 heterocycles. The molecule has 0 aromatic heterocycles. The van der Waals surface area contributed by atoms with Crippen LogP contribution in [0.1, 0.15) is 73.3 Å². The predicted octanol–water partition coefficient (Wildman–Crippen LogP) is 6.89. The van der Waals surface area contributed by atoms with Crippen LogP contribution in [0.3, 0.4) is 0 Å². The Morgan fingerprint density at radius 1 is 0.881 bits per heavy atom. The number of carbonyl (C=O) groups excluding carboxylic acids is 1. The van der Waals surface area contributed by atoms with E-state index in [0.717, 1.165) is 44.3 Å². The summed E-state index contributed by atoms with van der Waals surface area (Å²) in [6.07, 6.45) is 7.39. The number of hydrogen-bond acceptors (Lipinski definition) is 5. The van der Waals surface area contributed by atoms with Gasteiger partial charge in [-0.25, -0.2) is 8.42 Å². The Bertz CT molecular complexity index is 1540. The topological polar surface area (TPSA) is 69.7 Å². The lowest BCUT2D eigenvalue weighted by atomic mass is 9.85. The molecule has 3 aliphatic rings. The van der Waals surface area contributed by atoms with Crippen molar-refractivity contribution in [3.05, 3.63) is 88.5 Å². The maximum atomic E-state index is 12.0. The number of esters is 1. The molecule has 42 heavy (non-hydrogen) atoms. The molecule has 1 saturated heterocycles. The Hall–Kier alpha value is -3.12. The number of ether oxygens (including phenoxy) is 2. The van der Waals surface area contributed by atoms with E-state index in [1.165, 1.54) is 38.9 Å². The summed E-state index contributed by atoms with van der Waals surface area (Å²) in [6, 6.07) is 22.3. The summed E-state index contributed by atoms with van der Waals surface area (Å²) in [6.45, 7) is 5.00. The van der Waals surface area contributed by atoms with Crippen LogP contribution in [0.4, 0.5) is 0 Å². The van der Waals surface area contributed by atoms with Crippen molar-refractivity contribution in [1.29, 1.82) is 0 Å². The number of carbonyl (C=O) groups is 1. The zero-order valence-corrected chi connectivity index (χ0v) is 25.7. The summed E-state index contributed by atoms with van der Waals surface area (Å²) in [4.78, 5) is 12.0. The van der Waals surface area contributed by atoms with Crippen LogP contribution in [0.2, 0.25) is 0 Å². The second kappa shape index (κ2) is 11.9. The van der Waals surface area contributed by atoms with Gasteiger partial charge in [0, 0.05) is 5.41 Å². The van der Waals surface area contributed by atoms with Crippen LogP contribution >= 0.6 is 0 Å². The summed E-state index contributed by atoms with van der Waals surface area (Å²) in [5.41, 5.74) is 9.18. The lowest BCUT2D eigenvalue weighted by Gasteiger charge is -2.33. The van der Waals surface area contributed by atoms with Gasteiger partial charge in [-0.3, -0.25) is 4.79 Å². The van der Waals surface area contributed by atoms with Crippen LogP contribution in [0.25, 0.3) is 11.1 Å². The van der Waals surface area contributed by atoms with Gasteiger partial charge in [0.1, 0.15) is 15.6 Å². The maximum absolute atomic E-state index is 12.0. The monoisotopic (exact) mass is 586 g/mol. The summed E-state index contributed by atoms with van der Waals surface area (Å²) in [7, 11) is -2.88. The summed E-state index contributed by atoms with van der Waals surface area (Å²) >= 11 is 0. The van der Waals surface area contributed by atoms with Crippen molar-refractivity contribution in [2.24, 2.45) is 11.3 Å². The molecule has 2 aliphatic carbocycles. The third-order valence-electron chi connectivity index (χ3n) is 9.54. The van der Waals surface area contributed by atoms with Gasteiger partial charge in [-0.15, -0.1) is 0 Å². The van der Waals surface area contributed by atoms with Crippen molar-refractivity contribution in [2.45, 2.75) is 71.1 Å². The fourth-order valence-electron chi connectivity index (χ4n) is 6.57. The van der Waals surface area contributed by atoms with Crippen LogP contribution in [0, 0.1) is 11.3 Å². The minimum absolute atomic E-state index is 0.0298. The first-order chi connectivity index (χ1) is 20.2. The molecule has 6 rings (SSSR count). The number of fused-ring (bicyclic) bond motifs is 3. The highest BCUT2D eigenvalue weighted by Crippen LogP contribution is 2.48. The molecule has 3 aromatic carbocycles. The van der Waals surface area contributed by atoms with E-state index >= 15 is 0 Å². The van der Waals surface area contributed by atoms with Crippen LogP contribution in [0.15, 0.2) is 60.7 Å². The zero-order valence-electron chi connectivity index (χ0n) is 24.9. The molecule has 2 atom stereocenters. The first kappa shape index (κ1) is 29.0. The molecule has 0 radical (unpaired) electrons. The van der Waals surface area contributed by atoms with Gasteiger partial charge in [-0.05, 0) is 115 Å². The first-order valence-electron chi connectivity index (χ1n) is 15.6. The molecule has 0 bridgehead atoms. The molecule has 1 saturated carbocycles. The highest BCUT2D eigenvalue weighted by Gasteiger charge is 2.45. The van der Waals surface area contributed by atoms with Crippen molar-refractivity contribution in [3.8, 4) is 16.9 Å². The number of benzene rings is 3. The van der Waals surface area contributed by atoms with E-state index in [-0.39, 0.29) is 28.8 Å². The van der Waals surface area contributed by atoms with E-state index in [1.807, 2.05) is 6.92 Å². The minimum atomic E-state index is -2.88. The van der Waals surface area contributed by atoms with E-state index in [9.17, 15) is 13.2 Å². The molecule has 222 valence electrons. The standard InChI is InChI=1S/C36H42O5S/c1-3-40-35(37)34-23-33(34)28-12-9-25(10-13-28)7-8-26-11-14-27-5-4-6-29-22-30(15-16-31(29)32(27)21-26)41-24-36(2)17-19-42(38,39)20-18-36/h9-16,21-22,33-34H,3-8,17-20,23-24H2,1-2H3/t33?,34-/m0/s1. The SMILES string of the molecule is CCOC(=O)[C@H]1CC1c1ccc(CCc2ccc3c(c2)-c2ccc(OCC4(C)CCS(=O)(=O)CC4)cc2CCC3)cc1. The smallest absolute Gasteiger partial charge is 0.309 e. The molecule has 0 amide bonds. The number of hydrogen-bond donors (Lipinski definition) is 0. The lowest BCUT2D eigenvalue weighted by molar-refractivity contribution is -0.144. The van der Waals surface area contributed by atoms with Gasteiger partial charge in [-0.1, -0.05) is 55.5 Å². The third-order valence-corrected chi connectivity index (χ3v) is 11.2. The van der Waals surface area contributed by atoms with Gasteiger partial charge >= 0.3 is 5.97 Å². The average Bonchev–Trinajstić information content (AvgIpc) is 3.81. The van der Waals surface area contributed by atoms with Gasteiger partial charge in [0.2, 0.25) is 0 Å². The molecule has 3 aromatic rings. The highest BCUT2D eigenvalue weighted by atomic mass is 32.2. The highest BCUT2D eigenvalue weighted by molar-refractivity contribution is 7.91. The fraction of sp³-hybridized carbons (Fsp3) is 0.472. The summed E-state index contributed by atoms with van der Waals surface area (Å²) < 4.78 is 35.2. The number of rotatable bonds is 9. The van der Waals surface area contributed by atoms with Crippen molar-refractivity contribution < 1.29 is 22.7 Å². The zero-order chi connectivity index (χ0) is 29.3. The van der Waals surface area contributed by atoms with Crippen molar-refractivity contribution in [2.75, 3.05) is 24.7 Å². The molecule has 6 heteroatoms. The predicted molar refractivity (Wildman–Crippen MR) is 167 cm³/mol. The lowest BCUT2D eigenvalue weighted by Crippen LogP contribution is -2.35. The molecular formula is C36H42O5S. The fourth-order valence-corrected chi connectivity index (χ4v) is 8.38. The summed E-state index contributed by atoms with van der Waals surface area (Å²) in [5, 5.41) is 0. The van der Waals surface area contributed by atoms with E-state index in [1.54, 1.807) is 0 Å². The second-order valence-corrected chi connectivity index (χ2v) is 15.2. The van der Waals surface area contributed by atoms with Gasteiger partial charge in [-0.2, -0.15) is 0 Å². The Morgan fingerprint density at radius 2 is 1.60 bits per heavy atom. The minimum Gasteiger partial charge on any atom is -0.493 e. The first-order valence-corrected chi connectivity index (χ1v) is 17.4. The Labute approximate surface area is 250 Å².